The quantitative estimate of drug-likeness (QED) is 0.806. The molecule has 2 N–H and O–H groups in total. The number of carboxylic acids is 1. The summed E-state index contributed by atoms with van der Waals surface area (Å²) in [5, 5.41) is 11.8. The van der Waals surface area contributed by atoms with Gasteiger partial charge in [-0.05, 0) is 54.8 Å². The number of amides is 1. The van der Waals surface area contributed by atoms with Gasteiger partial charge in [-0.15, -0.1) is 0 Å². The van der Waals surface area contributed by atoms with Crippen molar-refractivity contribution in [3.05, 3.63) is 58.7 Å². The van der Waals surface area contributed by atoms with Crippen LogP contribution in [-0.4, -0.2) is 30.7 Å². The molecule has 2 aromatic rings. The van der Waals surface area contributed by atoms with Gasteiger partial charge in [-0.1, -0.05) is 12.1 Å². The van der Waals surface area contributed by atoms with E-state index in [9.17, 15) is 9.59 Å². The lowest BCUT2D eigenvalue weighted by Crippen LogP contribution is -2.20. The zero-order chi connectivity index (χ0) is 18.4. The van der Waals surface area contributed by atoms with E-state index < -0.39 is 5.97 Å². The summed E-state index contributed by atoms with van der Waals surface area (Å²) >= 11 is 0. The van der Waals surface area contributed by atoms with Crippen LogP contribution in [0.1, 0.15) is 27.0 Å². The Labute approximate surface area is 146 Å². The molecule has 0 atom stereocenters. The van der Waals surface area contributed by atoms with Gasteiger partial charge in [-0.2, -0.15) is 0 Å². The van der Waals surface area contributed by atoms with Crippen LogP contribution in [0.3, 0.4) is 0 Å². The van der Waals surface area contributed by atoms with Crippen LogP contribution in [-0.2, 0) is 16.1 Å². The summed E-state index contributed by atoms with van der Waals surface area (Å²) in [6.45, 7) is 3.94. The fraction of sp³-hybridized carbons (Fsp3) is 0.263. The number of carboxylic acid groups (broad SMARTS) is 1. The molecule has 0 spiro atoms. The number of methoxy groups -OCH3 is 1. The maximum Gasteiger partial charge on any atom is 0.335 e. The second-order valence-corrected chi connectivity index (χ2v) is 5.76. The highest BCUT2D eigenvalue weighted by Gasteiger charge is 2.10. The fourth-order valence-electron chi connectivity index (χ4n) is 2.34. The molecule has 1 amide bonds. The number of carbonyl (C=O) groups excluding carboxylic acids is 1. The van der Waals surface area contributed by atoms with Crippen molar-refractivity contribution in [2.75, 3.05) is 19.0 Å². The molecule has 0 heterocycles. The number of aromatic carboxylic acids is 1. The van der Waals surface area contributed by atoms with Crippen molar-refractivity contribution in [3.63, 3.8) is 0 Å². The Morgan fingerprint density at radius 1 is 1.12 bits per heavy atom. The zero-order valence-corrected chi connectivity index (χ0v) is 14.5. The van der Waals surface area contributed by atoms with Crippen LogP contribution in [0.25, 0.3) is 0 Å². The zero-order valence-electron chi connectivity index (χ0n) is 14.5. The predicted molar refractivity (Wildman–Crippen MR) is 94.2 cm³/mol. The summed E-state index contributed by atoms with van der Waals surface area (Å²) in [6, 6.07) is 10.3. The summed E-state index contributed by atoms with van der Waals surface area (Å²) in [7, 11) is 1.52. The van der Waals surface area contributed by atoms with E-state index in [-0.39, 0.29) is 24.7 Å². The van der Waals surface area contributed by atoms with Crippen LogP contribution >= 0.6 is 0 Å². The Kier molecular flexibility index (Phi) is 6.14. The molecule has 0 fully saturated rings. The average Bonchev–Trinajstić information content (AvgIpc) is 2.55. The van der Waals surface area contributed by atoms with Crippen molar-refractivity contribution in [3.8, 4) is 5.75 Å². The van der Waals surface area contributed by atoms with Gasteiger partial charge in [0.15, 0.2) is 6.61 Å². The highest BCUT2D eigenvalue weighted by atomic mass is 16.5. The first-order chi connectivity index (χ1) is 11.9. The summed E-state index contributed by atoms with van der Waals surface area (Å²) in [5.41, 5.74) is 3.11. The van der Waals surface area contributed by atoms with Crippen molar-refractivity contribution in [2.24, 2.45) is 0 Å². The van der Waals surface area contributed by atoms with Crippen molar-refractivity contribution in [2.45, 2.75) is 20.5 Å². The predicted octanol–water partition coefficient (Wildman–Crippen LogP) is 3.17. The smallest absolute Gasteiger partial charge is 0.335 e. The maximum absolute atomic E-state index is 12.1. The number of aryl methyl sites for hydroxylation is 2. The van der Waals surface area contributed by atoms with Crippen molar-refractivity contribution >= 4 is 17.6 Å². The number of hydrogen-bond acceptors (Lipinski definition) is 4. The maximum atomic E-state index is 12.1. The number of rotatable bonds is 7. The number of carbonyl (C=O) groups is 2. The van der Waals surface area contributed by atoms with E-state index in [0.29, 0.717) is 17.0 Å². The number of benzene rings is 2. The lowest BCUT2D eigenvalue weighted by atomic mass is 10.1. The molecule has 0 unspecified atom stereocenters. The number of nitrogens with one attached hydrogen (secondary N) is 1. The van der Waals surface area contributed by atoms with Gasteiger partial charge in [0.1, 0.15) is 5.75 Å². The average molecular weight is 343 g/mol. The Morgan fingerprint density at radius 3 is 2.56 bits per heavy atom. The molecule has 0 saturated heterocycles. The van der Waals surface area contributed by atoms with E-state index >= 15 is 0 Å². The standard InChI is InChI=1S/C19H21NO5/c1-12-4-5-13(2)17(6-12)25-11-18(21)20-16-8-14(10-24-3)7-15(9-16)19(22)23/h4-9H,10-11H2,1-3H3,(H,20,21)(H,22,23). The minimum atomic E-state index is -1.07. The third kappa shape index (κ3) is 5.32. The molecule has 0 aromatic heterocycles. The highest BCUT2D eigenvalue weighted by Crippen LogP contribution is 2.20. The van der Waals surface area contributed by atoms with Crippen LogP contribution < -0.4 is 10.1 Å². The van der Waals surface area contributed by atoms with E-state index in [4.69, 9.17) is 14.6 Å². The molecule has 0 saturated carbocycles. The first-order valence-corrected chi connectivity index (χ1v) is 7.75. The SMILES string of the molecule is COCc1cc(NC(=O)COc2cc(C)ccc2C)cc(C(=O)O)c1. The van der Waals surface area contributed by atoms with Crippen LogP contribution in [0.4, 0.5) is 5.69 Å². The largest absolute Gasteiger partial charge is 0.483 e. The van der Waals surface area contributed by atoms with Gasteiger partial charge in [0, 0.05) is 12.8 Å². The third-order valence-electron chi connectivity index (χ3n) is 3.54. The summed E-state index contributed by atoms with van der Waals surface area (Å²) in [4.78, 5) is 23.3. The van der Waals surface area contributed by atoms with Gasteiger partial charge < -0.3 is 19.9 Å². The van der Waals surface area contributed by atoms with Gasteiger partial charge in [0.25, 0.3) is 5.91 Å². The van der Waals surface area contributed by atoms with E-state index in [2.05, 4.69) is 5.32 Å². The van der Waals surface area contributed by atoms with Crippen LogP contribution in [0.2, 0.25) is 0 Å². The summed E-state index contributed by atoms with van der Waals surface area (Å²) < 4.78 is 10.6. The first-order valence-electron chi connectivity index (χ1n) is 7.75. The Balaban J connectivity index is 2.06. The minimum absolute atomic E-state index is 0.0836. The topological polar surface area (TPSA) is 84.9 Å². The molecule has 6 nitrogen and oxygen atoms in total. The molecule has 0 bridgehead atoms. The highest BCUT2D eigenvalue weighted by molar-refractivity contribution is 5.94. The van der Waals surface area contributed by atoms with Gasteiger partial charge in [-0.3, -0.25) is 4.79 Å². The summed E-state index contributed by atoms with van der Waals surface area (Å²) in [6.07, 6.45) is 0. The Hall–Kier alpha value is -2.86. The molecule has 0 aliphatic carbocycles. The van der Waals surface area contributed by atoms with Gasteiger partial charge in [-0.25, -0.2) is 4.79 Å². The molecule has 0 radical (unpaired) electrons. The van der Waals surface area contributed by atoms with Crippen molar-refractivity contribution < 1.29 is 24.2 Å². The minimum Gasteiger partial charge on any atom is -0.483 e. The van der Waals surface area contributed by atoms with E-state index in [0.717, 1.165) is 11.1 Å². The molecule has 2 aromatic carbocycles. The molecule has 0 aliphatic heterocycles. The van der Waals surface area contributed by atoms with Crippen molar-refractivity contribution in [1.82, 2.24) is 0 Å². The van der Waals surface area contributed by atoms with E-state index in [1.54, 1.807) is 6.07 Å². The molecule has 2 rings (SSSR count). The number of hydrogen-bond donors (Lipinski definition) is 2. The van der Waals surface area contributed by atoms with Gasteiger partial charge in [0.2, 0.25) is 0 Å². The molecule has 25 heavy (non-hydrogen) atoms. The molecule has 6 heteroatoms. The monoisotopic (exact) mass is 343 g/mol. The Bertz CT molecular complexity index is 785. The van der Waals surface area contributed by atoms with Crippen LogP contribution in [0.5, 0.6) is 5.75 Å². The lowest BCUT2D eigenvalue weighted by molar-refractivity contribution is -0.118. The second-order valence-electron chi connectivity index (χ2n) is 5.76. The second kappa shape index (κ2) is 8.30. The fourth-order valence-corrected chi connectivity index (χ4v) is 2.34. The van der Waals surface area contributed by atoms with Crippen molar-refractivity contribution in [1.29, 1.82) is 0 Å². The molecular weight excluding hydrogens is 322 g/mol. The number of anilines is 1. The molecule has 0 aliphatic rings. The van der Waals surface area contributed by atoms with Gasteiger partial charge in [0.05, 0.1) is 12.2 Å². The molecular formula is C19H21NO5. The van der Waals surface area contributed by atoms with Gasteiger partial charge >= 0.3 is 5.97 Å². The lowest BCUT2D eigenvalue weighted by Gasteiger charge is -2.12. The normalized spacial score (nSPS) is 10.4. The third-order valence-corrected chi connectivity index (χ3v) is 3.54. The number of ether oxygens (including phenoxy) is 2. The van der Waals surface area contributed by atoms with Crippen LogP contribution in [0.15, 0.2) is 36.4 Å². The molecule has 132 valence electrons. The van der Waals surface area contributed by atoms with E-state index in [1.807, 2.05) is 32.0 Å². The summed E-state index contributed by atoms with van der Waals surface area (Å²) in [5.74, 6) is -0.790. The van der Waals surface area contributed by atoms with E-state index in [1.165, 1.54) is 19.2 Å². The van der Waals surface area contributed by atoms with Crippen LogP contribution in [0, 0.1) is 13.8 Å². The Morgan fingerprint density at radius 2 is 1.88 bits per heavy atom. The first kappa shape index (κ1) is 18.5.